The molecule has 2 rings (SSSR count). The van der Waals surface area contributed by atoms with Crippen molar-refractivity contribution < 1.29 is 0 Å². The average molecular weight is 309 g/mol. The molecule has 23 heavy (non-hydrogen) atoms. The summed E-state index contributed by atoms with van der Waals surface area (Å²) in [6, 6.07) is 17.8. The van der Waals surface area contributed by atoms with E-state index >= 15 is 0 Å². The first-order valence-corrected chi connectivity index (χ1v) is 9.11. The first-order chi connectivity index (χ1) is 11.2. The van der Waals surface area contributed by atoms with Gasteiger partial charge in [-0.1, -0.05) is 74.4 Å². The molecule has 2 aromatic carbocycles. The number of hydrogen-bond acceptors (Lipinski definition) is 1. The molecule has 2 aromatic rings. The van der Waals surface area contributed by atoms with E-state index in [2.05, 4.69) is 74.2 Å². The van der Waals surface area contributed by atoms with Crippen LogP contribution in [0.2, 0.25) is 0 Å². The van der Waals surface area contributed by atoms with Crippen LogP contribution in [0.15, 0.2) is 48.5 Å². The van der Waals surface area contributed by atoms with Gasteiger partial charge in [-0.05, 0) is 44.5 Å². The molecule has 1 heteroatoms. The fourth-order valence-electron chi connectivity index (χ4n) is 2.91. The van der Waals surface area contributed by atoms with Crippen molar-refractivity contribution >= 4 is 11.4 Å². The van der Waals surface area contributed by atoms with Crippen LogP contribution in [0, 0.1) is 13.8 Å². The summed E-state index contributed by atoms with van der Waals surface area (Å²) in [5.41, 5.74) is 5.23. The molecule has 0 atom stereocenters. The summed E-state index contributed by atoms with van der Waals surface area (Å²) in [6.45, 7) is 7.66. The predicted octanol–water partition coefficient (Wildman–Crippen LogP) is 6.80. The zero-order chi connectivity index (χ0) is 16.5. The van der Waals surface area contributed by atoms with E-state index in [1.807, 2.05) is 0 Å². The van der Waals surface area contributed by atoms with Crippen LogP contribution in [-0.4, -0.2) is 6.54 Å². The highest BCUT2D eigenvalue weighted by atomic mass is 15.1. The second kappa shape index (κ2) is 9.39. The van der Waals surface area contributed by atoms with Gasteiger partial charge in [-0.15, -0.1) is 0 Å². The second-order valence-electron chi connectivity index (χ2n) is 6.59. The minimum atomic E-state index is 1.10. The van der Waals surface area contributed by atoms with Gasteiger partial charge in [0.15, 0.2) is 0 Å². The van der Waals surface area contributed by atoms with Gasteiger partial charge >= 0.3 is 0 Å². The highest BCUT2D eigenvalue weighted by Gasteiger charge is 2.08. The Morgan fingerprint density at radius 1 is 0.609 bits per heavy atom. The Balaban J connectivity index is 2.02. The molecule has 124 valence electrons. The Hall–Kier alpha value is -1.76. The lowest BCUT2D eigenvalue weighted by molar-refractivity contribution is 0.609. The van der Waals surface area contributed by atoms with Crippen molar-refractivity contribution in [2.24, 2.45) is 0 Å². The largest absolute Gasteiger partial charge is 0.341 e. The average Bonchev–Trinajstić information content (AvgIpc) is 2.57. The predicted molar refractivity (Wildman–Crippen MR) is 103 cm³/mol. The van der Waals surface area contributed by atoms with E-state index in [4.69, 9.17) is 0 Å². The van der Waals surface area contributed by atoms with Crippen molar-refractivity contribution in [2.75, 3.05) is 11.4 Å². The third-order valence-electron chi connectivity index (χ3n) is 4.43. The fourth-order valence-corrected chi connectivity index (χ4v) is 2.91. The molecule has 0 saturated carbocycles. The summed E-state index contributed by atoms with van der Waals surface area (Å²) in [6.07, 6.45) is 8.02. The minimum Gasteiger partial charge on any atom is -0.341 e. The fraction of sp³-hybridized carbons (Fsp3) is 0.455. The van der Waals surface area contributed by atoms with Crippen molar-refractivity contribution in [3.8, 4) is 0 Å². The van der Waals surface area contributed by atoms with Gasteiger partial charge < -0.3 is 4.90 Å². The van der Waals surface area contributed by atoms with E-state index in [0.717, 1.165) is 6.54 Å². The maximum absolute atomic E-state index is 2.46. The molecule has 0 heterocycles. The molecule has 0 aliphatic heterocycles. The number of aryl methyl sites for hydroxylation is 2. The lowest BCUT2D eigenvalue weighted by Gasteiger charge is -2.25. The van der Waals surface area contributed by atoms with Gasteiger partial charge in [0, 0.05) is 17.9 Å². The Morgan fingerprint density at radius 3 is 1.52 bits per heavy atom. The molecule has 0 aliphatic carbocycles. The van der Waals surface area contributed by atoms with Gasteiger partial charge in [-0.25, -0.2) is 0 Å². The van der Waals surface area contributed by atoms with Crippen molar-refractivity contribution in [1.82, 2.24) is 0 Å². The van der Waals surface area contributed by atoms with Crippen LogP contribution < -0.4 is 4.90 Å². The summed E-state index contributed by atoms with van der Waals surface area (Å²) < 4.78 is 0. The molecule has 0 aliphatic rings. The smallest absolute Gasteiger partial charge is 0.0410 e. The van der Waals surface area contributed by atoms with Crippen LogP contribution in [0.4, 0.5) is 11.4 Å². The number of anilines is 2. The van der Waals surface area contributed by atoms with Gasteiger partial charge in [-0.3, -0.25) is 0 Å². The zero-order valence-corrected chi connectivity index (χ0v) is 15.0. The summed E-state index contributed by atoms with van der Waals surface area (Å²) in [4.78, 5) is 2.46. The maximum Gasteiger partial charge on any atom is 0.0410 e. The number of benzene rings is 2. The van der Waals surface area contributed by atoms with Crippen LogP contribution in [-0.2, 0) is 0 Å². The summed E-state index contributed by atoms with van der Waals surface area (Å²) in [5.74, 6) is 0. The number of unbranched alkanes of at least 4 members (excludes halogenated alkanes) is 5. The minimum absolute atomic E-state index is 1.10. The summed E-state index contributed by atoms with van der Waals surface area (Å²) >= 11 is 0. The first-order valence-electron chi connectivity index (χ1n) is 9.11. The van der Waals surface area contributed by atoms with E-state index in [1.165, 1.54) is 61.0 Å². The molecule has 0 radical (unpaired) electrons. The van der Waals surface area contributed by atoms with Gasteiger partial charge in [-0.2, -0.15) is 0 Å². The standard InChI is InChI=1S/C22H31N/c1-4-5-6-7-8-9-18-23(21-14-10-19(2)11-15-21)22-16-12-20(3)13-17-22/h10-17H,4-9,18H2,1-3H3. The van der Waals surface area contributed by atoms with Crippen molar-refractivity contribution in [1.29, 1.82) is 0 Å². The van der Waals surface area contributed by atoms with Crippen LogP contribution in [0.25, 0.3) is 0 Å². The molecular weight excluding hydrogens is 278 g/mol. The topological polar surface area (TPSA) is 3.24 Å². The zero-order valence-electron chi connectivity index (χ0n) is 15.0. The second-order valence-corrected chi connectivity index (χ2v) is 6.59. The molecule has 0 saturated heterocycles. The quantitative estimate of drug-likeness (QED) is 0.460. The van der Waals surface area contributed by atoms with E-state index in [1.54, 1.807) is 0 Å². The van der Waals surface area contributed by atoms with Crippen LogP contribution in [0.5, 0.6) is 0 Å². The van der Waals surface area contributed by atoms with E-state index in [9.17, 15) is 0 Å². The van der Waals surface area contributed by atoms with Crippen LogP contribution in [0.1, 0.15) is 56.6 Å². The van der Waals surface area contributed by atoms with Crippen LogP contribution in [0.3, 0.4) is 0 Å². The van der Waals surface area contributed by atoms with Crippen molar-refractivity contribution in [3.63, 3.8) is 0 Å². The molecule has 0 spiro atoms. The molecule has 0 N–H and O–H groups in total. The highest BCUT2D eigenvalue weighted by molar-refractivity contribution is 5.63. The Kier molecular flexibility index (Phi) is 7.19. The monoisotopic (exact) mass is 309 g/mol. The maximum atomic E-state index is 2.46. The summed E-state index contributed by atoms with van der Waals surface area (Å²) in [7, 11) is 0. The van der Waals surface area contributed by atoms with Crippen LogP contribution >= 0.6 is 0 Å². The lowest BCUT2D eigenvalue weighted by Crippen LogP contribution is -2.18. The Bertz CT molecular complexity index is 508. The molecule has 0 amide bonds. The van der Waals surface area contributed by atoms with Gasteiger partial charge in [0.25, 0.3) is 0 Å². The molecule has 1 nitrogen and oxygen atoms in total. The first kappa shape index (κ1) is 17.6. The van der Waals surface area contributed by atoms with E-state index in [-0.39, 0.29) is 0 Å². The van der Waals surface area contributed by atoms with Gasteiger partial charge in [0.1, 0.15) is 0 Å². The number of hydrogen-bond donors (Lipinski definition) is 0. The summed E-state index contributed by atoms with van der Waals surface area (Å²) in [5, 5.41) is 0. The normalized spacial score (nSPS) is 10.7. The molecule has 0 fully saturated rings. The van der Waals surface area contributed by atoms with Gasteiger partial charge in [0.2, 0.25) is 0 Å². The molecule has 0 unspecified atom stereocenters. The Labute approximate surface area is 142 Å². The third-order valence-corrected chi connectivity index (χ3v) is 4.43. The number of rotatable bonds is 9. The molecule has 0 bridgehead atoms. The number of nitrogens with zero attached hydrogens (tertiary/aromatic N) is 1. The SMILES string of the molecule is CCCCCCCCN(c1ccc(C)cc1)c1ccc(C)cc1. The third kappa shape index (κ3) is 5.74. The van der Waals surface area contributed by atoms with E-state index in [0.29, 0.717) is 0 Å². The van der Waals surface area contributed by atoms with Crippen molar-refractivity contribution in [2.45, 2.75) is 59.3 Å². The molecule has 0 aromatic heterocycles. The lowest BCUT2D eigenvalue weighted by atomic mass is 10.1. The van der Waals surface area contributed by atoms with Gasteiger partial charge in [0.05, 0.1) is 0 Å². The van der Waals surface area contributed by atoms with Crippen molar-refractivity contribution in [3.05, 3.63) is 59.7 Å². The van der Waals surface area contributed by atoms with E-state index < -0.39 is 0 Å². The highest BCUT2D eigenvalue weighted by Crippen LogP contribution is 2.26. The molecular formula is C22H31N. The Morgan fingerprint density at radius 2 is 1.04 bits per heavy atom.